The molecule has 2 N–H and O–H groups in total. The highest BCUT2D eigenvalue weighted by Crippen LogP contribution is 2.26. The van der Waals surface area contributed by atoms with Crippen LogP contribution in [-0.4, -0.2) is 24.2 Å². The number of hydrogen-bond acceptors (Lipinski definition) is 3. The van der Waals surface area contributed by atoms with Gasteiger partial charge >= 0.3 is 0 Å². The number of ether oxygens (including phenoxy) is 1. The first-order valence-electron chi connectivity index (χ1n) is 5.31. The normalized spacial score (nSPS) is 13.9. The highest BCUT2D eigenvalue weighted by molar-refractivity contribution is 5.80. The molecular formula is C12H16FNO3. The molecule has 17 heavy (non-hydrogen) atoms. The van der Waals surface area contributed by atoms with Crippen molar-refractivity contribution in [2.75, 3.05) is 7.05 Å². The van der Waals surface area contributed by atoms with Crippen molar-refractivity contribution >= 4 is 5.91 Å². The van der Waals surface area contributed by atoms with Crippen molar-refractivity contribution < 1.29 is 19.0 Å². The second-order valence-electron chi connectivity index (χ2n) is 3.73. The molecule has 4 nitrogen and oxygen atoms in total. The highest BCUT2D eigenvalue weighted by Gasteiger charge is 2.17. The van der Waals surface area contributed by atoms with Crippen LogP contribution in [-0.2, 0) is 4.79 Å². The van der Waals surface area contributed by atoms with Crippen molar-refractivity contribution in [3.8, 4) is 5.75 Å². The van der Waals surface area contributed by atoms with E-state index in [1.54, 1.807) is 13.8 Å². The number of rotatable bonds is 4. The van der Waals surface area contributed by atoms with Gasteiger partial charge in [-0.1, -0.05) is 0 Å². The summed E-state index contributed by atoms with van der Waals surface area (Å²) >= 11 is 0. The number of aliphatic hydroxyl groups is 1. The molecule has 0 fully saturated rings. The Kier molecular flexibility index (Phi) is 4.45. The van der Waals surface area contributed by atoms with Gasteiger partial charge in [-0.3, -0.25) is 4.79 Å². The van der Waals surface area contributed by atoms with E-state index in [9.17, 15) is 14.3 Å². The summed E-state index contributed by atoms with van der Waals surface area (Å²) < 4.78 is 18.4. The zero-order valence-electron chi connectivity index (χ0n) is 10.0. The van der Waals surface area contributed by atoms with Crippen molar-refractivity contribution in [3.05, 3.63) is 29.6 Å². The number of aliphatic hydroxyl groups excluding tert-OH is 1. The Balaban J connectivity index is 2.96. The van der Waals surface area contributed by atoms with Gasteiger partial charge in [0.15, 0.2) is 6.10 Å². The molecule has 0 radical (unpaired) electrons. The van der Waals surface area contributed by atoms with E-state index >= 15 is 0 Å². The number of carbonyl (C=O) groups is 1. The van der Waals surface area contributed by atoms with E-state index in [-0.39, 0.29) is 11.7 Å². The minimum Gasteiger partial charge on any atom is -0.480 e. The highest BCUT2D eigenvalue weighted by atomic mass is 19.1. The number of amides is 1. The van der Waals surface area contributed by atoms with Crippen molar-refractivity contribution in [2.45, 2.75) is 26.1 Å². The minimum absolute atomic E-state index is 0.177. The molecule has 0 heterocycles. The first-order valence-corrected chi connectivity index (χ1v) is 5.31. The lowest BCUT2D eigenvalue weighted by atomic mass is 10.1. The molecule has 1 unspecified atom stereocenters. The predicted molar refractivity (Wildman–Crippen MR) is 61.2 cm³/mol. The van der Waals surface area contributed by atoms with Crippen LogP contribution in [0.15, 0.2) is 18.2 Å². The first kappa shape index (κ1) is 13.4. The summed E-state index contributed by atoms with van der Waals surface area (Å²) in [5, 5.41) is 11.9. The monoisotopic (exact) mass is 241 g/mol. The van der Waals surface area contributed by atoms with Gasteiger partial charge in [-0.15, -0.1) is 0 Å². The van der Waals surface area contributed by atoms with Crippen molar-refractivity contribution in [3.63, 3.8) is 0 Å². The summed E-state index contributed by atoms with van der Waals surface area (Å²) in [6.07, 6.45) is -1.54. The van der Waals surface area contributed by atoms with Crippen LogP contribution >= 0.6 is 0 Å². The summed E-state index contributed by atoms with van der Waals surface area (Å²) in [6, 6.07) is 3.83. The van der Waals surface area contributed by atoms with Gasteiger partial charge in [0.2, 0.25) is 0 Å². The molecule has 1 aromatic carbocycles. The molecule has 0 aliphatic carbocycles. The number of hydrogen-bond donors (Lipinski definition) is 2. The lowest BCUT2D eigenvalue weighted by molar-refractivity contribution is -0.126. The Hall–Kier alpha value is -1.62. The maximum atomic E-state index is 13.1. The van der Waals surface area contributed by atoms with Crippen LogP contribution in [0.2, 0.25) is 0 Å². The van der Waals surface area contributed by atoms with Crippen LogP contribution in [0.1, 0.15) is 25.5 Å². The molecule has 2 atom stereocenters. The van der Waals surface area contributed by atoms with Crippen molar-refractivity contribution in [1.29, 1.82) is 0 Å². The fourth-order valence-electron chi connectivity index (χ4n) is 1.40. The first-order chi connectivity index (χ1) is 7.95. The topological polar surface area (TPSA) is 58.6 Å². The van der Waals surface area contributed by atoms with Crippen molar-refractivity contribution in [2.24, 2.45) is 0 Å². The van der Waals surface area contributed by atoms with Crippen molar-refractivity contribution in [1.82, 2.24) is 5.32 Å². The fourth-order valence-corrected chi connectivity index (χ4v) is 1.40. The Morgan fingerprint density at radius 3 is 2.65 bits per heavy atom. The molecule has 0 saturated carbocycles. The van der Waals surface area contributed by atoms with Crippen LogP contribution in [0.4, 0.5) is 4.39 Å². The maximum absolute atomic E-state index is 13.1. The molecule has 0 aliphatic rings. The molecule has 5 heteroatoms. The molecule has 1 rings (SSSR count). The number of halogens is 1. The zero-order chi connectivity index (χ0) is 13.0. The van der Waals surface area contributed by atoms with E-state index in [0.717, 1.165) is 6.07 Å². The van der Waals surface area contributed by atoms with Crippen LogP contribution in [0.5, 0.6) is 5.75 Å². The van der Waals surface area contributed by atoms with Gasteiger partial charge in [0.1, 0.15) is 11.6 Å². The molecule has 1 aromatic rings. The second-order valence-corrected chi connectivity index (χ2v) is 3.73. The predicted octanol–water partition coefficient (Wildman–Crippen LogP) is 1.39. The quantitative estimate of drug-likeness (QED) is 0.837. The van der Waals surface area contributed by atoms with Crippen LogP contribution in [0, 0.1) is 5.82 Å². The molecule has 0 bridgehead atoms. The Labute approximate surface area is 99.4 Å². The Bertz CT molecular complexity index is 407. The SMILES string of the molecule is CNC(=O)C(C)Oc1cc(F)ccc1[C@H](C)O. The minimum atomic E-state index is -0.789. The van der Waals surface area contributed by atoms with E-state index in [2.05, 4.69) is 5.32 Å². The third kappa shape index (κ3) is 3.42. The van der Waals surface area contributed by atoms with Gasteiger partial charge in [0.05, 0.1) is 6.10 Å². The number of carbonyl (C=O) groups excluding carboxylic acids is 1. The summed E-state index contributed by atoms with van der Waals surface area (Å²) in [5.41, 5.74) is 0.446. The summed E-state index contributed by atoms with van der Waals surface area (Å²) in [5.74, 6) is -0.615. The zero-order valence-corrected chi connectivity index (χ0v) is 10.0. The second kappa shape index (κ2) is 5.63. The molecule has 0 spiro atoms. The number of likely N-dealkylation sites (N-methyl/N-ethyl adjacent to an activating group) is 1. The smallest absolute Gasteiger partial charge is 0.260 e. The molecule has 1 amide bonds. The largest absolute Gasteiger partial charge is 0.480 e. The molecule has 0 saturated heterocycles. The van der Waals surface area contributed by atoms with Gasteiger partial charge in [-0.2, -0.15) is 0 Å². The van der Waals surface area contributed by atoms with E-state index < -0.39 is 18.0 Å². The fraction of sp³-hybridized carbons (Fsp3) is 0.417. The maximum Gasteiger partial charge on any atom is 0.260 e. The average Bonchev–Trinajstić information content (AvgIpc) is 2.27. The molecule has 0 aliphatic heterocycles. The standard InChI is InChI=1S/C12H16FNO3/c1-7(15)10-5-4-9(13)6-11(10)17-8(2)12(16)14-3/h4-8,15H,1-3H3,(H,14,16)/t7-,8?/m0/s1. The summed E-state index contributed by atoms with van der Waals surface area (Å²) in [6.45, 7) is 3.10. The van der Waals surface area contributed by atoms with E-state index in [4.69, 9.17) is 4.74 Å². The lowest BCUT2D eigenvalue weighted by Crippen LogP contribution is -2.34. The number of benzene rings is 1. The van der Waals surface area contributed by atoms with Crippen LogP contribution < -0.4 is 10.1 Å². The van der Waals surface area contributed by atoms with Crippen LogP contribution in [0.25, 0.3) is 0 Å². The van der Waals surface area contributed by atoms with Gasteiger partial charge in [0.25, 0.3) is 5.91 Å². The number of nitrogens with one attached hydrogen (secondary N) is 1. The van der Waals surface area contributed by atoms with Gasteiger partial charge < -0.3 is 15.2 Å². The van der Waals surface area contributed by atoms with Gasteiger partial charge in [-0.25, -0.2) is 4.39 Å². The molecule has 0 aromatic heterocycles. The van der Waals surface area contributed by atoms with E-state index in [1.165, 1.54) is 19.2 Å². The Morgan fingerprint density at radius 2 is 2.12 bits per heavy atom. The van der Waals surface area contributed by atoms with E-state index in [0.29, 0.717) is 5.56 Å². The average molecular weight is 241 g/mol. The van der Waals surface area contributed by atoms with Crippen LogP contribution in [0.3, 0.4) is 0 Å². The van der Waals surface area contributed by atoms with Gasteiger partial charge in [-0.05, 0) is 26.0 Å². The van der Waals surface area contributed by atoms with Gasteiger partial charge in [0, 0.05) is 18.7 Å². The van der Waals surface area contributed by atoms with E-state index in [1.807, 2.05) is 0 Å². The summed E-state index contributed by atoms with van der Waals surface area (Å²) in [7, 11) is 1.49. The Morgan fingerprint density at radius 1 is 1.47 bits per heavy atom. The lowest BCUT2D eigenvalue weighted by Gasteiger charge is -2.17. The molecule has 94 valence electrons. The third-order valence-electron chi connectivity index (χ3n) is 2.35. The summed E-state index contributed by atoms with van der Waals surface area (Å²) in [4.78, 5) is 11.3. The molecular weight excluding hydrogens is 225 g/mol. The third-order valence-corrected chi connectivity index (χ3v) is 2.35.